The van der Waals surface area contributed by atoms with E-state index in [9.17, 15) is 20.1 Å². The SMILES string of the molecule is CO[C@@H]1[C@H](O)[C@H](O)[C@@H](C)O[C@H]1COC1CCC2(C)C(CCC3C2CCC2(C)C(C4=CC(=O)OC4)CCC32O)C1. The van der Waals surface area contributed by atoms with Gasteiger partial charge >= 0.3 is 5.97 Å². The van der Waals surface area contributed by atoms with Crippen LogP contribution in [-0.2, 0) is 23.7 Å². The molecule has 3 N–H and O–H groups in total. The zero-order valence-electron chi connectivity index (χ0n) is 24.0. The smallest absolute Gasteiger partial charge is 0.331 e. The molecule has 0 radical (unpaired) electrons. The lowest BCUT2D eigenvalue weighted by molar-refractivity contribution is -0.241. The molecule has 2 heterocycles. The van der Waals surface area contributed by atoms with Crippen LogP contribution in [0.15, 0.2) is 11.6 Å². The molecule has 6 rings (SSSR count). The highest BCUT2D eigenvalue weighted by Crippen LogP contribution is 2.70. The molecule has 6 aliphatic rings. The minimum atomic E-state index is -0.992. The molecule has 0 aromatic carbocycles. The van der Waals surface area contributed by atoms with Crippen LogP contribution < -0.4 is 0 Å². The van der Waals surface area contributed by atoms with Gasteiger partial charge in [-0.25, -0.2) is 4.79 Å². The molecule has 2 aliphatic heterocycles. The first kappa shape index (κ1) is 28.1. The van der Waals surface area contributed by atoms with Gasteiger partial charge in [0.2, 0.25) is 0 Å². The fraction of sp³-hybridized carbons (Fsp3) is 0.903. The summed E-state index contributed by atoms with van der Waals surface area (Å²) in [5.41, 5.74) is 0.382. The number of methoxy groups -OCH3 is 1. The minimum absolute atomic E-state index is 0.139. The van der Waals surface area contributed by atoms with E-state index in [1.165, 1.54) is 7.11 Å². The molecule has 5 fully saturated rings. The third-order valence-corrected chi connectivity index (χ3v) is 12.6. The van der Waals surface area contributed by atoms with Crippen molar-refractivity contribution in [3.63, 3.8) is 0 Å². The van der Waals surface area contributed by atoms with Gasteiger partial charge in [0.25, 0.3) is 0 Å². The van der Waals surface area contributed by atoms with Crippen molar-refractivity contribution < 1.29 is 39.1 Å². The molecule has 0 aromatic rings. The summed E-state index contributed by atoms with van der Waals surface area (Å²) in [7, 11) is 1.53. The molecular weight excluding hydrogens is 500 g/mol. The van der Waals surface area contributed by atoms with Gasteiger partial charge in [-0.3, -0.25) is 0 Å². The Labute approximate surface area is 232 Å². The zero-order chi connectivity index (χ0) is 27.7. The van der Waals surface area contributed by atoms with Crippen molar-refractivity contribution >= 4 is 5.97 Å². The molecule has 1 saturated heterocycles. The Bertz CT molecular complexity index is 984. The molecule has 0 bridgehead atoms. The molecule has 39 heavy (non-hydrogen) atoms. The third-order valence-electron chi connectivity index (χ3n) is 12.6. The van der Waals surface area contributed by atoms with Crippen molar-refractivity contribution in [3.8, 4) is 0 Å². The lowest BCUT2D eigenvalue weighted by Gasteiger charge is -2.63. The molecule has 13 atom stereocenters. The first-order chi connectivity index (χ1) is 18.5. The van der Waals surface area contributed by atoms with Gasteiger partial charge in [0.15, 0.2) is 0 Å². The molecule has 220 valence electrons. The monoisotopic (exact) mass is 548 g/mol. The molecular formula is C31H48O8. The van der Waals surface area contributed by atoms with Crippen molar-refractivity contribution in [1.29, 1.82) is 0 Å². The molecule has 4 aliphatic carbocycles. The van der Waals surface area contributed by atoms with Crippen LogP contribution >= 0.6 is 0 Å². The Morgan fingerprint density at radius 1 is 1.03 bits per heavy atom. The van der Waals surface area contributed by atoms with Crippen LogP contribution in [0, 0.1) is 34.5 Å². The lowest BCUT2D eigenvalue weighted by atomic mass is 9.43. The number of carbonyl (C=O) groups excluding carboxylic acids is 1. The maximum atomic E-state index is 12.4. The summed E-state index contributed by atoms with van der Waals surface area (Å²) >= 11 is 0. The minimum Gasteiger partial charge on any atom is -0.458 e. The van der Waals surface area contributed by atoms with Gasteiger partial charge in [-0.15, -0.1) is 0 Å². The molecule has 0 amide bonds. The number of hydrogen-bond acceptors (Lipinski definition) is 8. The number of esters is 1. The second-order valence-electron chi connectivity index (χ2n) is 14.1. The average molecular weight is 549 g/mol. The Hall–Kier alpha value is -1.03. The van der Waals surface area contributed by atoms with Gasteiger partial charge in [0.1, 0.15) is 31.0 Å². The highest BCUT2D eigenvalue weighted by atomic mass is 16.6. The zero-order valence-corrected chi connectivity index (χ0v) is 24.0. The fourth-order valence-electron chi connectivity index (χ4n) is 10.3. The van der Waals surface area contributed by atoms with Crippen LogP contribution in [0.5, 0.6) is 0 Å². The van der Waals surface area contributed by atoms with E-state index < -0.39 is 36.1 Å². The van der Waals surface area contributed by atoms with Gasteiger partial charge in [0.05, 0.1) is 24.4 Å². The summed E-state index contributed by atoms with van der Waals surface area (Å²) in [5, 5.41) is 33.0. The van der Waals surface area contributed by atoms with Crippen molar-refractivity contribution in [2.45, 2.75) is 121 Å². The topological polar surface area (TPSA) is 115 Å². The Kier molecular flexibility index (Phi) is 7.25. The largest absolute Gasteiger partial charge is 0.458 e. The summed E-state index contributed by atoms with van der Waals surface area (Å²) in [5.74, 6) is 1.35. The number of carbonyl (C=O) groups is 1. The normalized spacial score (nSPS) is 53.4. The summed E-state index contributed by atoms with van der Waals surface area (Å²) in [6.07, 6.45) is 7.46. The lowest BCUT2D eigenvalue weighted by Crippen LogP contribution is -2.62. The van der Waals surface area contributed by atoms with Crippen LogP contribution in [0.2, 0.25) is 0 Å². The third kappa shape index (κ3) is 4.26. The van der Waals surface area contributed by atoms with Crippen LogP contribution in [-0.4, -0.2) is 83.8 Å². The standard InChI is InChI=1S/C31H48O8/c1-17-26(33)27(34)28(36-4)24(39-17)16-37-20-7-10-29(2)19(14-20)5-6-23-22(29)8-11-30(3)21(9-12-31(23,30)35)18-13-25(32)38-15-18/h13,17,19-24,26-28,33-35H,5-12,14-16H2,1-4H3/t17-,19?,20?,21?,22?,23?,24+,26-,27-,28+,29?,30?,31?/m1/s1. The summed E-state index contributed by atoms with van der Waals surface area (Å²) < 4.78 is 23.1. The maximum absolute atomic E-state index is 12.4. The van der Waals surface area contributed by atoms with E-state index in [-0.39, 0.29) is 28.8 Å². The number of aliphatic hydroxyl groups is 3. The van der Waals surface area contributed by atoms with Crippen molar-refractivity contribution in [2.24, 2.45) is 34.5 Å². The Morgan fingerprint density at radius 2 is 1.82 bits per heavy atom. The molecule has 4 saturated carbocycles. The summed E-state index contributed by atoms with van der Waals surface area (Å²) in [6.45, 7) is 7.25. The first-order valence-electron chi connectivity index (χ1n) is 15.3. The van der Waals surface area contributed by atoms with Gasteiger partial charge in [-0.2, -0.15) is 0 Å². The number of fused-ring (bicyclic) bond motifs is 5. The van der Waals surface area contributed by atoms with E-state index in [1.54, 1.807) is 13.0 Å². The van der Waals surface area contributed by atoms with Crippen molar-refractivity contribution in [1.82, 2.24) is 0 Å². The highest BCUT2D eigenvalue weighted by Gasteiger charge is 2.67. The number of aliphatic hydroxyl groups excluding tert-OH is 2. The fourth-order valence-corrected chi connectivity index (χ4v) is 10.3. The van der Waals surface area contributed by atoms with Crippen LogP contribution in [0.3, 0.4) is 0 Å². The Balaban J connectivity index is 1.12. The van der Waals surface area contributed by atoms with Gasteiger partial charge in [0, 0.05) is 18.6 Å². The van der Waals surface area contributed by atoms with E-state index in [2.05, 4.69) is 13.8 Å². The Morgan fingerprint density at radius 3 is 2.54 bits per heavy atom. The second kappa shape index (κ2) is 10.1. The van der Waals surface area contributed by atoms with Crippen LogP contribution in [0.1, 0.15) is 78.6 Å². The van der Waals surface area contributed by atoms with E-state index in [0.29, 0.717) is 31.0 Å². The molecule has 0 aromatic heterocycles. The van der Waals surface area contributed by atoms with E-state index in [4.69, 9.17) is 18.9 Å². The van der Waals surface area contributed by atoms with E-state index in [1.807, 2.05) is 0 Å². The first-order valence-corrected chi connectivity index (χ1v) is 15.3. The summed E-state index contributed by atoms with van der Waals surface area (Å²) in [6, 6.07) is 0. The van der Waals surface area contributed by atoms with Gasteiger partial charge in [-0.1, -0.05) is 13.8 Å². The van der Waals surface area contributed by atoms with E-state index >= 15 is 0 Å². The highest BCUT2D eigenvalue weighted by molar-refractivity contribution is 5.85. The molecule has 8 unspecified atom stereocenters. The van der Waals surface area contributed by atoms with Crippen LogP contribution in [0.25, 0.3) is 0 Å². The van der Waals surface area contributed by atoms with Gasteiger partial charge in [-0.05, 0) is 99.4 Å². The van der Waals surface area contributed by atoms with Gasteiger partial charge < -0.3 is 34.3 Å². The van der Waals surface area contributed by atoms with Crippen LogP contribution in [0.4, 0.5) is 0 Å². The van der Waals surface area contributed by atoms with Crippen molar-refractivity contribution in [3.05, 3.63) is 11.6 Å². The molecule has 0 spiro atoms. The van der Waals surface area contributed by atoms with E-state index in [0.717, 1.165) is 63.4 Å². The maximum Gasteiger partial charge on any atom is 0.331 e. The number of ether oxygens (including phenoxy) is 4. The molecule has 8 heteroatoms. The number of cyclic esters (lactones) is 1. The number of rotatable bonds is 5. The molecule has 8 nitrogen and oxygen atoms in total. The average Bonchev–Trinajstić information content (AvgIpc) is 3.45. The predicted octanol–water partition coefficient (Wildman–Crippen LogP) is 3.15. The number of hydrogen-bond donors (Lipinski definition) is 3. The quantitative estimate of drug-likeness (QED) is 0.449. The van der Waals surface area contributed by atoms with Crippen molar-refractivity contribution in [2.75, 3.05) is 20.3 Å². The predicted molar refractivity (Wildman–Crippen MR) is 143 cm³/mol. The second-order valence-corrected chi connectivity index (χ2v) is 14.1. The summed E-state index contributed by atoms with van der Waals surface area (Å²) in [4.78, 5) is 11.8.